The van der Waals surface area contributed by atoms with Gasteiger partial charge in [-0.2, -0.15) is 0 Å². The summed E-state index contributed by atoms with van der Waals surface area (Å²) in [5.41, 5.74) is 2.52. The van der Waals surface area contributed by atoms with E-state index in [0.29, 0.717) is 5.92 Å². The van der Waals surface area contributed by atoms with Crippen LogP contribution in [-0.2, 0) is 9.59 Å². The zero-order chi connectivity index (χ0) is 14.0. The fourth-order valence-electron chi connectivity index (χ4n) is 2.01. The number of amides is 1. The first-order valence-corrected chi connectivity index (χ1v) is 6.30. The molecule has 2 N–H and O–H groups in total. The summed E-state index contributed by atoms with van der Waals surface area (Å²) in [6.07, 6.45) is 3.59. The number of carboxylic acid groups (broad SMARTS) is 1. The quantitative estimate of drug-likeness (QED) is 0.817. The largest absolute Gasteiger partial charge is 0.478 e. The number of nitrogens with one attached hydrogen (secondary N) is 1. The first kappa shape index (κ1) is 13.3. The van der Waals surface area contributed by atoms with Crippen LogP contribution in [0.1, 0.15) is 24.5 Å². The molecule has 4 heteroatoms. The van der Waals surface area contributed by atoms with Gasteiger partial charge in [0.15, 0.2) is 0 Å². The van der Waals surface area contributed by atoms with Crippen LogP contribution in [0.25, 0.3) is 6.08 Å². The monoisotopic (exact) mass is 259 g/mol. The van der Waals surface area contributed by atoms with Gasteiger partial charge in [0.2, 0.25) is 5.91 Å². The van der Waals surface area contributed by atoms with Crippen molar-refractivity contribution < 1.29 is 14.7 Å². The molecule has 19 heavy (non-hydrogen) atoms. The van der Waals surface area contributed by atoms with Crippen molar-refractivity contribution in [3.8, 4) is 0 Å². The van der Waals surface area contributed by atoms with E-state index in [1.807, 2.05) is 19.1 Å². The van der Waals surface area contributed by atoms with Crippen LogP contribution in [0.5, 0.6) is 0 Å². The van der Waals surface area contributed by atoms with Crippen molar-refractivity contribution in [1.29, 1.82) is 0 Å². The van der Waals surface area contributed by atoms with Gasteiger partial charge >= 0.3 is 5.97 Å². The standard InChI is InChI=1S/C15H17NO3/c1-9-8-12(9)15(19)16-13-5-3-11(7-10(13)2)4-6-14(17)18/h3-7,9,12H,8H2,1-2H3,(H,16,19)(H,17,18)/b6-4+. The molecular formula is C15H17NO3. The highest BCUT2D eigenvalue weighted by Gasteiger charge is 2.39. The zero-order valence-corrected chi connectivity index (χ0v) is 11.0. The highest BCUT2D eigenvalue weighted by molar-refractivity contribution is 5.95. The molecule has 1 amide bonds. The topological polar surface area (TPSA) is 66.4 Å². The van der Waals surface area contributed by atoms with Crippen LogP contribution in [-0.4, -0.2) is 17.0 Å². The molecule has 2 unspecified atom stereocenters. The number of rotatable bonds is 4. The predicted octanol–water partition coefficient (Wildman–Crippen LogP) is 2.69. The molecule has 0 bridgehead atoms. The summed E-state index contributed by atoms with van der Waals surface area (Å²) in [5, 5.41) is 11.5. The van der Waals surface area contributed by atoms with Gasteiger partial charge < -0.3 is 10.4 Å². The highest BCUT2D eigenvalue weighted by atomic mass is 16.4. The number of aliphatic carboxylic acids is 1. The van der Waals surface area contributed by atoms with E-state index >= 15 is 0 Å². The molecule has 0 aliphatic heterocycles. The van der Waals surface area contributed by atoms with Crippen LogP contribution >= 0.6 is 0 Å². The molecule has 1 aromatic rings. The Kier molecular flexibility index (Phi) is 3.69. The predicted molar refractivity (Wildman–Crippen MR) is 73.7 cm³/mol. The lowest BCUT2D eigenvalue weighted by Crippen LogP contribution is -2.15. The average Bonchev–Trinajstić information content (AvgIpc) is 3.07. The summed E-state index contributed by atoms with van der Waals surface area (Å²) >= 11 is 0. The Balaban J connectivity index is 2.06. The van der Waals surface area contributed by atoms with E-state index in [1.54, 1.807) is 6.07 Å². The highest BCUT2D eigenvalue weighted by Crippen LogP contribution is 2.38. The Labute approximate surface area is 112 Å². The summed E-state index contributed by atoms with van der Waals surface area (Å²) in [5.74, 6) is -0.272. The molecule has 1 fully saturated rings. The molecule has 0 aromatic heterocycles. The van der Waals surface area contributed by atoms with Crippen LogP contribution in [0.2, 0.25) is 0 Å². The van der Waals surface area contributed by atoms with E-state index in [4.69, 9.17) is 5.11 Å². The molecule has 4 nitrogen and oxygen atoms in total. The second kappa shape index (κ2) is 5.26. The van der Waals surface area contributed by atoms with Gasteiger partial charge in [0.05, 0.1) is 0 Å². The maximum absolute atomic E-state index is 11.8. The van der Waals surface area contributed by atoms with Gasteiger partial charge in [0.25, 0.3) is 0 Å². The van der Waals surface area contributed by atoms with Crippen molar-refractivity contribution in [3.05, 3.63) is 35.4 Å². The molecule has 2 rings (SSSR count). The number of hydrogen-bond acceptors (Lipinski definition) is 2. The fourth-order valence-corrected chi connectivity index (χ4v) is 2.01. The van der Waals surface area contributed by atoms with E-state index in [-0.39, 0.29) is 11.8 Å². The first-order chi connectivity index (χ1) is 8.97. The van der Waals surface area contributed by atoms with Crippen molar-refractivity contribution in [3.63, 3.8) is 0 Å². The molecule has 0 heterocycles. The molecular weight excluding hydrogens is 242 g/mol. The van der Waals surface area contributed by atoms with E-state index in [1.165, 1.54) is 6.08 Å². The molecule has 1 aliphatic rings. The van der Waals surface area contributed by atoms with Gasteiger partial charge in [0, 0.05) is 17.7 Å². The van der Waals surface area contributed by atoms with E-state index in [0.717, 1.165) is 29.3 Å². The van der Waals surface area contributed by atoms with Crippen molar-refractivity contribution in [2.24, 2.45) is 11.8 Å². The smallest absolute Gasteiger partial charge is 0.328 e. The molecule has 0 saturated heterocycles. The SMILES string of the molecule is Cc1cc(/C=C/C(=O)O)ccc1NC(=O)C1CC1C. The molecule has 0 spiro atoms. The number of carbonyl (C=O) groups excluding carboxylic acids is 1. The van der Waals surface area contributed by atoms with Gasteiger partial charge in [-0.3, -0.25) is 4.79 Å². The van der Waals surface area contributed by atoms with Crippen LogP contribution in [0.3, 0.4) is 0 Å². The Hall–Kier alpha value is -2.10. The summed E-state index contributed by atoms with van der Waals surface area (Å²) in [4.78, 5) is 22.3. The summed E-state index contributed by atoms with van der Waals surface area (Å²) in [6.45, 7) is 3.96. The molecule has 1 saturated carbocycles. The van der Waals surface area contributed by atoms with E-state index in [9.17, 15) is 9.59 Å². The van der Waals surface area contributed by atoms with Crippen molar-refractivity contribution in [2.75, 3.05) is 5.32 Å². The number of aryl methyl sites for hydroxylation is 1. The Morgan fingerprint density at radius 2 is 2.11 bits per heavy atom. The van der Waals surface area contributed by atoms with Gasteiger partial charge in [-0.1, -0.05) is 13.0 Å². The Morgan fingerprint density at radius 1 is 1.42 bits per heavy atom. The van der Waals surface area contributed by atoms with Gasteiger partial charge in [-0.25, -0.2) is 4.79 Å². The number of hydrogen-bond donors (Lipinski definition) is 2. The van der Waals surface area contributed by atoms with Crippen LogP contribution < -0.4 is 5.32 Å². The molecule has 1 aliphatic carbocycles. The normalized spacial score (nSPS) is 21.4. The summed E-state index contributed by atoms with van der Waals surface area (Å²) in [7, 11) is 0. The molecule has 0 radical (unpaired) electrons. The van der Waals surface area contributed by atoms with Gasteiger partial charge in [-0.05, 0) is 48.6 Å². The third-order valence-corrected chi connectivity index (χ3v) is 3.37. The van der Waals surface area contributed by atoms with Gasteiger partial charge in [0.1, 0.15) is 0 Å². The zero-order valence-electron chi connectivity index (χ0n) is 11.0. The van der Waals surface area contributed by atoms with Crippen LogP contribution in [0.4, 0.5) is 5.69 Å². The van der Waals surface area contributed by atoms with Crippen molar-refractivity contribution >= 4 is 23.6 Å². The maximum Gasteiger partial charge on any atom is 0.328 e. The number of carboxylic acids is 1. The van der Waals surface area contributed by atoms with Crippen LogP contribution in [0, 0.1) is 18.8 Å². The van der Waals surface area contributed by atoms with E-state index < -0.39 is 5.97 Å². The number of anilines is 1. The van der Waals surface area contributed by atoms with Gasteiger partial charge in [-0.15, -0.1) is 0 Å². The lowest BCUT2D eigenvalue weighted by molar-refractivity contribution is -0.131. The number of benzene rings is 1. The lowest BCUT2D eigenvalue weighted by Gasteiger charge is -2.08. The number of carbonyl (C=O) groups is 2. The van der Waals surface area contributed by atoms with Crippen LogP contribution in [0.15, 0.2) is 24.3 Å². The fraction of sp³-hybridized carbons (Fsp3) is 0.333. The van der Waals surface area contributed by atoms with Crippen molar-refractivity contribution in [1.82, 2.24) is 0 Å². The minimum absolute atomic E-state index is 0.0735. The maximum atomic E-state index is 11.8. The second-order valence-electron chi connectivity index (χ2n) is 5.05. The Morgan fingerprint density at radius 3 is 2.63 bits per heavy atom. The molecule has 100 valence electrons. The van der Waals surface area contributed by atoms with E-state index in [2.05, 4.69) is 12.2 Å². The minimum Gasteiger partial charge on any atom is -0.478 e. The third-order valence-electron chi connectivity index (χ3n) is 3.37. The van der Waals surface area contributed by atoms with Crippen molar-refractivity contribution in [2.45, 2.75) is 20.3 Å². The lowest BCUT2D eigenvalue weighted by atomic mass is 10.1. The Bertz CT molecular complexity index is 548. The third kappa shape index (κ3) is 3.44. The average molecular weight is 259 g/mol. The first-order valence-electron chi connectivity index (χ1n) is 6.30. The molecule has 1 aromatic carbocycles. The minimum atomic E-state index is -0.974. The summed E-state index contributed by atoms with van der Waals surface area (Å²) in [6, 6.07) is 5.45. The summed E-state index contributed by atoms with van der Waals surface area (Å²) < 4.78 is 0. The second-order valence-corrected chi connectivity index (χ2v) is 5.05. The molecule has 2 atom stereocenters.